The summed E-state index contributed by atoms with van der Waals surface area (Å²) < 4.78 is 5.80. The lowest BCUT2D eigenvalue weighted by Crippen LogP contribution is -2.43. The number of hydrogen-bond acceptors (Lipinski definition) is 4. The van der Waals surface area contributed by atoms with Crippen LogP contribution in [0, 0.1) is 5.92 Å². The molecule has 5 heteroatoms. The van der Waals surface area contributed by atoms with Crippen molar-refractivity contribution in [1.82, 2.24) is 9.97 Å². The molecule has 0 aromatic carbocycles. The van der Waals surface area contributed by atoms with Crippen LogP contribution in [0.2, 0.25) is 5.15 Å². The molecule has 0 aliphatic carbocycles. The Morgan fingerprint density at radius 1 is 1.53 bits per heavy atom. The molecule has 2 unspecified atom stereocenters. The highest BCUT2D eigenvalue weighted by Crippen LogP contribution is 2.23. The van der Waals surface area contributed by atoms with Crippen LogP contribution in [0.4, 0.5) is 5.95 Å². The topological polar surface area (TPSA) is 47.0 Å². The van der Waals surface area contributed by atoms with E-state index >= 15 is 0 Å². The number of ether oxygens (including phenoxy) is 1. The van der Waals surface area contributed by atoms with Crippen LogP contribution in [0.5, 0.6) is 0 Å². The number of nitrogens with one attached hydrogen (secondary N) is 1. The first kappa shape index (κ1) is 12.6. The van der Waals surface area contributed by atoms with E-state index in [1.54, 1.807) is 12.3 Å². The zero-order chi connectivity index (χ0) is 12.3. The van der Waals surface area contributed by atoms with Crippen LogP contribution < -0.4 is 5.32 Å². The number of anilines is 1. The van der Waals surface area contributed by atoms with Gasteiger partial charge in [-0.05, 0) is 24.8 Å². The van der Waals surface area contributed by atoms with Crippen molar-refractivity contribution in [2.24, 2.45) is 5.92 Å². The number of hydrogen-bond donors (Lipinski definition) is 1. The minimum Gasteiger partial charge on any atom is -0.376 e. The van der Waals surface area contributed by atoms with E-state index in [0.717, 1.165) is 19.4 Å². The fourth-order valence-electron chi connectivity index (χ4n) is 2.19. The predicted octanol–water partition coefficient (Wildman–Crippen LogP) is 2.75. The van der Waals surface area contributed by atoms with Gasteiger partial charge >= 0.3 is 0 Å². The minimum absolute atomic E-state index is 0.214. The van der Waals surface area contributed by atoms with Crippen LogP contribution in [0.25, 0.3) is 0 Å². The normalized spacial score (nSPS) is 24.9. The predicted molar refractivity (Wildman–Crippen MR) is 68.3 cm³/mol. The van der Waals surface area contributed by atoms with E-state index < -0.39 is 0 Å². The number of halogens is 1. The van der Waals surface area contributed by atoms with E-state index in [4.69, 9.17) is 16.3 Å². The molecule has 1 aromatic heterocycles. The van der Waals surface area contributed by atoms with Crippen molar-refractivity contribution < 1.29 is 4.74 Å². The molecule has 17 heavy (non-hydrogen) atoms. The highest BCUT2D eigenvalue weighted by molar-refractivity contribution is 6.29. The summed E-state index contributed by atoms with van der Waals surface area (Å²) in [4.78, 5) is 8.31. The molecule has 1 fully saturated rings. The first-order valence-electron chi connectivity index (χ1n) is 6.03. The Labute approximate surface area is 107 Å². The lowest BCUT2D eigenvalue weighted by molar-refractivity contribution is -0.0204. The standard InChI is InChI=1S/C12H18ClN3O/c1-8(2)11-9(4-3-7-17-11)15-12-14-6-5-10(13)16-12/h5-6,8-9,11H,3-4,7H2,1-2H3,(H,14,15,16). The van der Waals surface area contributed by atoms with Crippen LogP contribution in [-0.4, -0.2) is 28.7 Å². The van der Waals surface area contributed by atoms with Gasteiger partial charge in [0.2, 0.25) is 5.95 Å². The second-order valence-corrected chi connectivity index (χ2v) is 5.06. The highest BCUT2D eigenvalue weighted by atomic mass is 35.5. The first-order chi connectivity index (χ1) is 8.16. The molecule has 1 aliphatic rings. The Bertz CT molecular complexity index is 373. The molecular weight excluding hydrogens is 238 g/mol. The van der Waals surface area contributed by atoms with E-state index in [2.05, 4.69) is 29.1 Å². The number of aromatic nitrogens is 2. The quantitative estimate of drug-likeness (QED) is 0.844. The average molecular weight is 256 g/mol. The van der Waals surface area contributed by atoms with Gasteiger partial charge in [-0.1, -0.05) is 25.4 Å². The van der Waals surface area contributed by atoms with Crippen molar-refractivity contribution in [3.8, 4) is 0 Å². The zero-order valence-electron chi connectivity index (χ0n) is 10.2. The molecule has 0 spiro atoms. The molecule has 1 aromatic rings. The summed E-state index contributed by atoms with van der Waals surface area (Å²) in [6.07, 6.45) is 4.03. The summed E-state index contributed by atoms with van der Waals surface area (Å²) in [5, 5.41) is 3.78. The zero-order valence-corrected chi connectivity index (χ0v) is 10.9. The largest absolute Gasteiger partial charge is 0.376 e. The van der Waals surface area contributed by atoms with Gasteiger partial charge in [0.25, 0.3) is 0 Å². The van der Waals surface area contributed by atoms with Gasteiger partial charge in [0.15, 0.2) is 0 Å². The van der Waals surface area contributed by atoms with Gasteiger partial charge in [-0.15, -0.1) is 0 Å². The Kier molecular flexibility index (Phi) is 4.18. The third kappa shape index (κ3) is 3.30. The van der Waals surface area contributed by atoms with E-state index in [0.29, 0.717) is 17.0 Å². The third-order valence-corrected chi connectivity index (χ3v) is 3.17. The molecular formula is C12H18ClN3O. The molecule has 0 radical (unpaired) electrons. The van der Waals surface area contributed by atoms with E-state index in [-0.39, 0.29) is 12.1 Å². The van der Waals surface area contributed by atoms with Crippen molar-refractivity contribution in [2.75, 3.05) is 11.9 Å². The van der Waals surface area contributed by atoms with Crippen molar-refractivity contribution in [3.63, 3.8) is 0 Å². The van der Waals surface area contributed by atoms with Crippen LogP contribution in [-0.2, 0) is 4.74 Å². The van der Waals surface area contributed by atoms with Gasteiger partial charge in [0.1, 0.15) is 5.15 Å². The first-order valence-corrected chi connectivity index (χ1v) is 6.41. The Morgan fingerprint density at radius 3 is 3.06 bits per heavy atom. The molecule has 0 saturated carbocycles. The summed E-state index contributed by atoms with van der Waals surface area (Å²) >= 11 is 5.84. The summed E-state index contributed by atoms with van der Waals surface area (Å²) in [7, 11) is 0. The van der Waals surface area contributed by atoms with Gasteiger partial charge in [-0.2, -0.15) is 0 Å². The number of nitrogens with zero attached hydrogens (tertiary/aromatic N) is 2. The monoisotopic (exact) mass is 255 g/mol. The van der Waals surface area contributed by atoms with Crippen LogP contribution in [0.3, 0.4) is 0 Å². The van der Waals surface area contributed by atoms with Crippen LogP contribution in [0.15, 0.2) is 12.3 Å². The van der Waals surface area contributed by atoms with Gasteiger partial charge in [0, 0.05) is 12.8 Å². The smallest absolute Gasteiger partial charge is 0.224 e. The molecule has 4 nitrogen and oxygen atoms in total. The van der Waals surface area contributed by atoms with E-state index in [9.17, 15) is 0 Å². The van der Waals surface area contributed by atoms with Gasteiger partial charge < -0.3 is 10.1 Å². The lowest BCUT2D eigenvalue weighted by Gasteiger charge is -2.34. The summed E-state index contributed by atoms with van der Waals surface area (Å²) in [5.74, 6) is 1.06. The SMILES string of the molecule is CC(C)C1OCCCC1Nc1nccc(Cl)n1. The summed E-state index contributed by atoms with van der Waals surface area (Å²) in [6.45, 7) is 5.18. The van der Waals surface area contributed by atoms with Crippen molar-refractivity contribution in [2.45, 2.75) is 38.8 Å². The second-order valence-electron chi connectivity index (χ2n) is 4.68. The molecule has 0 amide bonds. The maximum absolute atomic E-state index is 5.84. The van der Waals surface area contributed by atoms with Crippen molar-refractivity contribution in [1.29, 1.82) is 0 Å². The fraction of sp³-hybridized carbons (Fsp3) is 0.667. The minimum atomic E-state index is 0.214. The Morgan fingerprint density at radius 2 is 2.35 bits per heavy atom. The maximum atomic E-state index is 5.84. The Hall–Kier alpha value is -0.870. The Balaban J connectivity index is 2.05. The third-order valence-electron chi connectivity index (χ3n) is 2.96. The van der Waals surface area contributed by atoms with Gasteiger partial charge in [0.05, 0.1) is 12.1 Å². The maximum Gasteiger partial charge on any atom is 0.224 e. The van der Waals surface area contributed by atoms with E-state index in [1.165, 1.54) is 0 Å². The van der Waals surface area contributed by atoms with E-state index in [1.807, 2.05) is 0 Å². The summed E-state index contributed by atoms with van der Waals surface area (Å²) in [5.41, 5.74) is 0. The molecule has 2 heterocycles. The van der Waals surface area contributed by atoms with Crippen LogP contribution >= 0.6 is 11.6 Å². The van der Waals surface area contributed by atoms with Gasteiger partial charge in [-0.3, -0.25) is 0 Å². The highest BCUT2D eigenvalue weighted by Gasteiger charge is 2.28. The molecule has 1 N–H and O–H groups in total. The second kappa shape index (κ2) is 5.65. The fourth-order valence-corrected chi connectivity index (χ4v) is 2.32. The van der Waals surface area contributed by atoms with Crippen molar-refractivity contribution in [3.05, 3.63) is 17.4 Å². The average Bonchev–Trinajstić information content (AvgIpc) is 2.29. The number of rotatable bonds is 3. The van der Waals surface area contributed by atoms with Crippen molar-refractivity contribution >= 4 is 17.5 Å². The molecule has 1 saturated heterocycles. The van der Waals surface area contributed by atoms with Gasteiger partial charge in [-0.25, -0.2) is 9.97 Å². The summed E-state index contributed by atoms with van der Waals surface area (Å²) in [6, 6.07) is 1.94. The molecule has 1 aliphatic heterocycles. The van der Waals surface area contributed by atoms with Crippen LogP contribution in [0.1, 0.15) is 26.7 Å². The molecule has 2 atom stereocenters. The molecule has 2 rings (SSSR count). The lowest BCUT2D eigenvalue weighted by atomic mass is 9.94. The molecule has 0 bridgehead atoms. The molecule has 94 valence electrons.